The monoisotopic (exact) mass is 287 g/mol. The average molecular weight is 287 g/mol. The lowest BCUT2D eigenvalue weighted by Gasteiger charge is -2.34. The van der Waals surface area contributed by atoms with Gasteiger partial charge in [0.2, 0.25) is 0 Å². The summed E-state index contributed by atoms with van der Waals surface area (Å²) in [5.41, 5.74) is -0.355. The van der Waals surface area contributed by atoms with E-state index in [2.05, 4.69) is 16.3 Å². The second-order valence-electron chi connectivity index (χ2n) is 6.23. The standard InChI is InChI=1S/C16H21N3O2/c1-16(20,19-9-13-7-18-8-14(13)10-19)11-21-15-4-2-12(6-17)3-5-15/h2-5,13-14,18,20H,7-11H2,1H3. The molecule has 3 atom stereocenters. The van der Waals surface area contributed by atoms with Gasteiger partial charge in [0.05, 0.1) is 11.6 Å². The Morgan fingerprint density at radius 2 is 1.95 bits per heavy atom. The van der Waals surface area contributed by atoms with E-state index in [0.717, 1.165) is 26.2 Å². The SMILES string of the molecule is CC(O)(COc1ccc(C#N)cc1)N1CC2CNCC2C1. The fourth-order valence-electron chi connectivity index (χ4n) is 3.19. The number of nitrogens with zero attached hydrogens (tertiary/aromatic N) is 2. The maximum absolute atomic E-state index is 10.7. The molecule has 112 valence electrons. The van der Waals surface area contributed by atoms with E-state index in [1.807, 2.05) is 6.92 Å². The fourth-order valence-corrected chi connectivity index (χ4v) is 3.19. The molecule has 1 aromatic rings. The summed E-state index contributed by atoms with van der Waals surface area (Å²) in [7, 11) is 0. The Balaban J connectivity index is 1.57. The summed E-state index contributed by atoms with van der Waals surface area (Å²) in [5.74, 6) is 1.97. The van der Waals surface area contributed by atoms with E-state index in [4.69, 9.17) is 10.00 Å². The number of aliphatic hydroxyl groups is 1. The Bertz CT molecular complexity index is 523. The van der Waals surface area contributed by atoms with Crippen LogP contribution in [-0.2, 0) is 0 Å². The van der Waals surface area contributed by atoms with Crippen LogP contribution in [0.2, 0.25) is 0 Å². The van der Waals surface area contributed by atoms with Gasteiger partial charge in [-0.3, -0.25) is 4.90 Å². The lowest BCUT2D eigenvalue weighted by Crippen LogP contribution is -2.50. The molecule has 2 aliphatic rings. The number of benzene rings is 1. The van der Waals surface area contributed by atoms with Crippen LogP contribution in [0.3, 0.4) is 0 Å². The molecule has 2 saturated heterocycles. The fraction of sp³-hybridized carbons (Fsp3) is 0.562. The minimum atomic E-state index is -0.960. The molecule has 0 spiro atoms. The highest BCUT2D eigenvalue weighted by Crippen LogP contribution is 2.30. The van der Waals surface area contributed by atoms with Crippen molar-refractivity contribution in [3.63, 3.8) is 0 Å². The van der Waals surface area contributed by atoms with Crippen LogP contribution in [0.15, 0.2) is 24.3 Å². The summed E-state index contributed by atoms with van der Waals surface area (Å²) < 4.78 is 5.69. The molecule has 3 unspecified atom stereocenters. The van der Waals surface area contributed by atoms with E-state index in [9.17, 15) is 5.11 Å². The van der Waals surface area contributed by atoms with Crippen LogP contribution in [0, 0.1) is 23.2 Å². The molecule has 0 aliphatic carbocycles. The maximum atomic E-state index is 10.7. The van der Waals surface area contributed by atoms with Crippen LogP contribution in [0.25, 0.3) is 0 Å². The summed E-state index contributed by atoms with van der Waals surface area (Å²) in [4.78, 5) is 2.12. The van der Waals surface area contributed by atoms with Crippen molar-refractivity contribution < 1.29 is 9.84 Å². The molecule has 2 N–H and O–H groups in total. The molecule has 0 saturated carbocycles. The lowest BCUT2D eigenvalue weighted by molar-refractivity contribution is -0.111. The largest absolute Gasteiger partial charge is 0.489 e. The van der Waals surface area contributed by atoms with Gasteiger partial charge in [0.25, 0.3) is 0 Å². The highest BCUT2D eigenvalue weighted by atomic mass is 16.5. The van der Waals surface area contributed by atoms with Crippen molar-refractivity contribution in [3.05, 3.63) is 29.8 Å². The zero-order chi connectivity index (χ0) is 14.9. The van der Waals surface area contributed by atoms with Gasteiger partial charge >= 0.3 is 0 Å². The second-order valence-corrected chi connectivity index (χ2v) is 6.23. The smallest absolute Gasteiger partial charge is 0.149 e. The van der Waals surface area contributed by atoms with Crippen LogP contribution in [0.1, 0.15) is 12.5 Å². The average Bonchev–Trinajstić information content (AvgIpc) is 3.07. The van der Waals surface area contributed by atoms with Crippen LogP contribution >= 0.6 is 0 Å². The van der Waals surface area contributed by atoms with E-state index >= 15 is 0 Å². The minimum Gasteiger partial charge on any atom is -0.489 e. The Kier molecular flexibility index (Phi) is 3.85. The summed E-state index contributed by atoms with van der Waals surface area (Å²) in [6.45, 7) is 5.97. The quantitative estimate of drug-likeness (QED) is 0.857. The van der Waals surface area contributed by atoms with Crippen molar-refractivity contribution >= 4 is 0 Å². The minimum absolute atomic E-state index is 0.228. The van der Waals surface area contributed by atoms with Gasteiger partial charge in [-0.25, -0.2) is 0 Å². The van der Waals surface area contributed by atoms with E-state index in [-0.39, 0.29) is 6.61 Å². The molecule has 0 bridgehead atoms. The number of hydrogen-bond donors (Lipinski definition) is 2. The summed E-state index contributed by atoms with van der Waals surface area (Å²) >= 11 is 0. The van der Waals surface area contributed by atoms with Gasteiger partial charge in [-0.15, -0.1) is 0 Å². The first kappa shape index (κ1) is 14.3. The molecule has 2 heterocycles. The highest BCUT2D eigenvalue weighted by molar-refractivity contribution is 5.34. The number of rotatable bonds is 4. The van der Waals surface area contributed by atoms with Gasteiger partial charge in [0, 0.05) is 13.1 Å². The van der Waals surface area contributed by atoms with Crippen LogP contribution in [0.5, 0.6) is 5.75 Å². The Hall–Kier alpha value is -1.61. The van der Waals surface area contributed by atoms with E-state index < -0.39 is 5.72 Å². The molecule has 2 aliphatic heterocycles. The van der Waals surface area contributed by atoms with Crippen LogP contribution in [0.4, 0.5) is 0 Å². The molecule has 2 fully saturated rings. The maximum Gasteiger partial charge on any atom is 0.149 e. The molecule has 3 rings (SSSR count). The van der Waals surface area contributed by atoms with Crippen LogP contribution < -0.4 is 10.1 Å². The molecule has 0 radical (unpaired) electrons. The van der Waals surface area contributed by atoms with E-state index in [1.165, 1.54) is 0 Å². The Labute approximate surface area is 125 Å². The molecule has 21 heavy (non-hydrogen) atoms. The molecular formula is C16H21N3O2. The predicted octanol–water partition coefficient (Wildman–Crippen LogP) is 0.797. The van der Waals surface area contributed by atoms with Crippen molar-refractivity contribution in [1.82, 2.24) is 10.2 Å². The van der Waals surface area contributed by atoms with Gasteiger partial charge < -0.3 is 15.2 Å². The van der Waals surface area contributed by atoms with Crippen molar-refractivity contribution in [3.8, 4) is 11.8 Å². The topological polar surface area (TPSA) is 68.5 Å². The number of ether oxygens (including phenoxy) is 1. The number of nitriles is 1. The summed E-state index contributed by atoms with van der Waals surface area (Å²) in [6, 6.07) is 9.03. The van der Waals surface area contributed by atoms with Gasteiger partial charge in [-0.2, -0.15) is 5.26 Å². The van der Waals surface area contributed by atoms with E-state index in [0.29, 0.717) is 23.1 Å². The molecule has 0 amide bonds. The number of fused-ring (bicyclic) bond motifs is 1. The van der Waals surface area contributed by atoms with Gasteiger partial charge in [0.15, 0.2) is 0 Å². The zero-order valence-corrected chi connectivity index (χ0v) is 12.2. The first-order chi connectivity index (χ1) is 10.1. The van der Waals surface area contributed by atoms with Gasteiger partial charge in [-0.05, 0) is 56.1 Å². The first-order valence-electron chi connectivity index (χ1n) is 7.39. The van der Waals surface area contributed by atoms with Gasteiger partial charge in [-0.1, -0.05) is 0 Å². The summed E-state index contributed by atoms with van der Waals surface area (Å²) in [6.07, 6.45) is 0. The number of hydrogen-bond acceptors (Lipinski definition) is 5. The van der Waals surface area contributed by atoms with Crippen molar-refractivity contribution in [1.29, 1.82) is 5.26 Å². The Morgan fingerprint density at radius 1 is 1.33 bits per heavy atom. The molecule has 5 nitrogen and oxygen atoms in total. The molecular weight excluding hydrogens is 266 g/mol. The zero-order valence-electron chi connectivity index (χ0n) is 12.2. The third kappa shape index (κ3) is 3.03. The van der Waals surface area contributed by atoms with Crippen LogP contribution in [-0.4, -0.2) is 48.5 Å². The van der Waals surface area contributed by atoms with Crippen molar-refractivity contribution in [2.45, 2.75) is 12.6 Å². The third-order valence-corrected chi connectivity index (χ3v) is 4.57. The second kappa shape index (κ2) is 5.64. The van der Waals surface area contributed by atoms with Crippen molar-refractivity contribution in [2.24, 2.45) is 11.8 Å². The molecule has 1 aromatic carbocycles. The Morgan fingerprint density at radius 3 is 2.52 bits per heavy atom. The number of nitrogens with one attached hydrogen (secondary N) is 1. The highest BCUT2D eigenvalue weighted by Gasteiger charge is 2.43. The van der Waals surface area contributed by atoms with Crippen molar-refractivity contribution in [2.75, 3.05) is 32.8 Å². The normalized spacial score (nSPS) is 27.9. The third-order valence-electron chi connectivity index (χ3n) is 4.57. The van der Waals surface area contributed by atoms with E-state index in [1.54, 1.807) is 24.3 Å². The molecule has 0 aromatic heterocycles. The number of likely N-dealkylation sites (tertiary alicyclic amines) is 1. The lowest BCUT2D eigenvalue weighted by atomic mass is 10.0. The summed E-state index contributed by atoms with van der Waals surface area (Å²) in [5, 5.41) is 22.8. The van der Waals surface area contributed by atoms with Gasteiger partial charge in [0.1, 0.15) is 18.1 Å². The molecule has 5 heteroatoms. The predicted molar refractivity (Wildman–Crippen MR) is 78.7 cm³/mol. The first-order valence-corrected chi connectivity index (χ1v) is 7.39.